The molecule has 88 valence electrons. The van der Waals surface area contributed by atoms with Crippen LogP contribution in [0.5, 0.6) is 0 Å². The quantitative estimate of drug-likeness (QED) is 0.837. The van der Waals surface area contributed by atoms with Gasteiger partial charge in [-0.1, -0.05) is 6.42 Å². The molecule has 1 aliphatic heterocycles. The molecule has 1 atom stereocenters. The fraction of sp³-hybridized carbons (Fsp3) is 0.667. The molecule has 0 aromatic carbocycles. The Balaban J connectivity index is 1.99. The van der Waals surface area contributed by atoms with Gasteiger partial charge in [0.15, 0.2) is 0 Å². The Hall–Kier alpha value is -1.32. The standard InChI is InChI=1S/C12H19N3O/c1-2-15-9-10(8-14-15)7-11-5-3-4-6-13-12(11)16/h8-9,11H,2-7H2,1H3,(H,13,16). The highest BCUT2D eigenvalue weighted by atomic mass is 16.1. The van der Waals surface area contributed by atoms with Crippen molar-refractivity contribution < 1.29 is 4.79 Å². The van der Waals surface area contributed by atoms with Gasteiger partial charge >= 0.3 is 0 Å². The first-order valence-corrected chi connectivity index (χ1v) is 6.08. The van der Waals surface area contributed by atoms with E-state index in [0.717, 1.165) is 38.8 Å². The second-order valence-electron chi connectivity index (χ2n) is 4.39. The maximum Gasteiger partial charge on any atom is 0.223 e. The molecule has 16 heavy (non-hydrogen) atoms. The van der Waals surface area contributed by atoms with Gasteiger partial charge in [0.2, 0.25) is 5.91 Å². The van der Waals surface area contributed by atoms with Crippen molar-refractivity contribution in [2.45, 2.75) is 39.2 Å². The molecule has 0 aliphatic carbocycles. The lowest BCUT2D eigenvalue weighted by atomic mass is 9.96. The van der Waals surface area contributed by atoms with Crippen molar-refractivity contribution in [2.24, 2.45) is 5.92 Å². The molecule has 1 N–H and O–H groups in total. The van der Waals surface area contributed by atoms with Gasteiger partial charge in [-0.05, 0) is 31.7 Å². The third-order valence-electron chi connectivity index (χ3n) is 3.14. The lowest BCUT2D eigenvalue weighted by molar-refractivity contribution is -0.124. The van der Waals surface area contributed by atoms with Crippen molar-refractivity contribution in [3.63, 3.8) is 0 Å². The molecular weight excluding hydrogens is 202 g/mol. The lowest BCUT2D eigenvalue weighted by Gasteiger charge is -2.11. The summed E-state index contributed by atoms with van der Waals surface area (Å²) < 4.78 is 1.91. The number of aromatic nitrogens is 2. The Morgan fingerprint density at radius 2 is 2.44 bits per heavy atom. The van der Waals surface area contributed by atoms with Crippen LogP contribution in [-0.2, 0) is 17.8 Å². The SMILES string of the molecule is CCn1cc(CC2CCCCNC2=O)cn1. The summed E-state index contributed by atoms with van der Waals surface area (Å²) in [7, 11) is 0. The van der Waals surface area contributed by atoms with Crippen LogP contribution in [0.2, 0.25) is 0 Å². The van der Waals surface area contributed by atoms with Crippen LogP contribution in [0.4, 0.5) is 0 Å². The van der Waals surface area contributed by atoms with Gasteiger partial charge in [0.1, 0.15) is 0 Å². The smallest absolute Gasteiger partial charge is 0.223 e. The highest BCUT2D eigenvalue weighted by Gasteiger charge is 2.21. The molecule has 2 heterocycles. The maximum absolute atomic E-state index is 11.8. The van der Waals surface area contributed by atoms with Crippen LogP contribution >= 0.6 is 0 Å². The second kappa shape index (κ2) is 5.14. The average Bonchev–Trinajstić information content (AvgIpc) is 2.65. The highest BCUT2D eigenvalue weighted by molar-refractivity contribution is 5.79. The first-order chi connectivity index (χ1) is 7.79. The van der Waals surface area contributed by atoms with Crippen LogP contribution in [-0.4, -0.2) is 22.2 Å². The third-order valence-corrected chi connectivity index (χ3v) is 3.14. The number of amides is 1. The van der Waals surface area contributed by atoms with Gasteiger partial charge < -0.3 is 5.32 Å². The number of carbonyl (C=O) groups excluding carboxylic acids is 1. The van der Waals surface area contributed by atoms with Crippen LogP contribution in [0.1, 0.15) is 31.7 Å². The summed E-state index contributed by atoms with van der Waals surface area (Å²) in [6, 6.07) is 0. The number of aryl methyl sites for hydroxylation is 1. The van der Waals surface area contributed by atoms with Gasteiger partial charge in [-0.3, -0.25) is 9.48 Å². The fourth-order valence-corrected chi connectivity index (χ4v) is 2.17. The summed E-state index contributed by atoms with van der Waals surface area (Å²) in [4.78, 5) is 11.8. The van der Waals surface area contributed by atoms with Crippen LogP contribution in [0.3, 0.4) is 0 Å². The lowest BCUT2D eigenvalue weighted by Crippen LogP contribution is -2.29. The number of hydrogen-bond donors (Lipinski definition) is 1. The van der Waals surface area contributed by atoms with Crippen LogP contribution in [0, 0.1) is 5.92 Å². The van der Waals surface area contributed by atoms with Gasteiger partial charge in [-0.15, -0.1) is 0 Å². The van der Waals surface area contributed by atoms with E-state index in [1.54, 1.807) is 0 Å². The molecule has 0 spiro atoms. The van der Waals surface area contributed by atoms with Crippen LogP contribution < -0.4 is 5.32 Å². The second-order valence-corrected chi connectivity index (χ2v) is 4.39. The van der Waals surface area contributed by atoms with E-state index in [4.69, 9.17) is 0 Å². The predicted molar refractivity (Wildman–Crippen MR) is 62.0 cm³/mol. The number of hydrogen-bond acceptors (Lipinski definition) is 2. The third kappa shape index (κ3) is 2.62. The molecule has 0 saturated carbocycles. The zero-order valence-corrected chi connectivity index (χ0v) is 9.78. The summed E-state index contributed by atoms with van der Waals surface area (Å²) >= 11 is 0. The highest BCUT2D eigenvalue weighted by Crippen LogP contribution is 2.17. The van der Waals surface area contributed by atoms with E-state index in [1.807, 2.05) is 17.1 Å². The van der Waals surface area contributed by atoms with Crippen molar-refractivity contribution >= 4 is 5.91 Å². The minimum atomic E-state index is 0.136. The van der Waals surface area contributed by atoms with E-state index < -0.39 is 0 Å². The van der Waals surface area contributed by atoms with E-state index in [9.17, 15) is 4.79 Å². The Bertz CT molecular complexity index is 359. The van der Waals surface area contributed by atoms with E-state index in [0.29, 0.717) is 0 Å². The normalized spacial score (nSPS) is 21.6. The molecule has 0 radical (unpaired) electrons. The molecule has 4 heteroatoms. The molecule has 1 unspecified atom stereocenters. The van der Waals surface area contributed by atoms with Crippen molar-refractivity contribution in [3.8, 4) is 0 Å². The first kappa shape index (κ1) is 11.2. The van der Waals surface area contributed by atoms with Gasteiger partial charge in [0.05, 0.1) is 6.20 Å². The molecule has 1 fully saturated rings. The Labute approximate surface area is 96.0 Å². The average molecular weight is 221 g/mol. The molecule has 2 rings (SSSR count). The van der Waals surface area contributed by atoms with Gasteiger partial charge in [0, 0.05) is 25.2 Å². The van der Waals surface area contributed by atoms with Crippen LogP contribution in [0.25, 0.3) is 0 Å². The molecule has 0 bridgehead atoms. The zero-order valence-electron chi connectivity index (χ0n) is 9.78. The van der Waals surface area contributed by atoms with E-state index in [2.05, 4.69) is 17.3 Å². The first-order valence-electron chi connectivity index (χ1n) is 6.08. The number of carbonyl (C=O) groups is 1. The van der Waals surface area contributed by atoms with E-state index >= 15 is 0 Å². The molecule has 4 nitrogen and oxygen atoms in total. The molecule has 1 saturated heterocycles. The number of rotatable bonds is 3. The number of nitrogens with one attached hydrogen (secondary N) is 1. The summed E-state index contributed by atoms with van der Waals surface area (Å²) in [5.41, 5.74) is 1.17. The summed E-state index contributed by atoms with van der Waals surface area (Å²) in [6.45, 7) is 3.79. The fourth-order valence-electron chi connectivity index (χ4n) is 2.17. The maximum atomic E-state index is 11.8. The zero-order chi connectivity index (χ0) is 11.4. The molecule has 1 aliphatic rings. The largest absolute Gasteiger partial charge is 0.356 e. The minimum Gasteiger partial charge on any atom is -0.356 e. The molecule has 1 amide bonds. The predicted octanol–water partition coefficient (Wildman–Crippen LogP) is 1.36. The topological polar surface area (TPSA) is 46.9 Å². The summed E-state index contributed by atoms with van der Waals surface area (Å²) in [5, 5.41) is 7.20. The monoisotopic (exact) mass is 221 g/mol. The molecular formula is C12H19N3O. The van der Waals surface area contributed by atoms with E-state index in [1.165, 1.54) is 5.56 Å². The summed E-state index contributed by atoms with van der Waals surface area (Å²) in [5.74, 6) is 0.346. The van der Waals surface area contributed by atoms with Crippen molar-refractivity contribution in [1.82, 2.24) is 15.1 Å². The Morgan fingerprint density at radius 1 is 1.56 bits per heavy atom. The van der Waals surface area contributed by atoms with Crippen molar-refractivity contribution in [2.75, 3.05) is 6.54 Å². The molecule has 1 aromatic rings. The van der Waals surface area contributed by atoms with Crippen molar-refractivity contribution in [3.05, 3.63) is 18.0 Å². The number of nitrogens with zero attached hydrogens (tertiary/aromatic N) is 2. The molecule has 1 aromatic heterocycles. The van der Waals surface area contributed by atoms with Crippen LogP contribution in [0.15, 0.2) is 12.4 Å². The summed E-state index contributed by atoms with van der Waals surface area (Å²) in [6.07, 6.45) is 8.00. The van der Waals surface area contributed by atoms with Crippen molar-refractivity contribution in [1.29, 1.82) is 0 Å². The van der Waals surface area contributed by atoms with Gasteiger partial charge in [-0.25, -0.2) is 0 Å². The Morgan fingerprint density at radius 3 is 3.19 bits per heavy atom. The van der Waals surface area contributed by atoms with Gasteiger partial charge in [0.25, 0.3) is 0 Å². The van der Waals surface area contributed by atoms with Gasteiger partial charge in [-0.2, -0.15) is 5.10 Å². The van der Waals surface area contributed by atoms with E-state index in [-0.39, 0.29) is 11.8 Å². The minimum absolute atomic E-state index is 0.136. The Kier molecular flexibility index (Phi) is 3.59.